The van der Waals surface area contributed by atoms with Crippen LogP contribution in [0.2, 0.25) is 0 Å². The van der Waals surface area contributed by atoms with E-state index in [1.807, 2.05) is 18.5 Å². The maximum Gasteiger partial charge on any atom is 0.228 e. The summed E-state index contributed by atoms with van der Waals surface area (Å²) in [6, 6.07) is 4.17. The van der Waals surface area contributed by atoms with Gasteiger partial charge in [0, 0.05) is 69.2 Å². The fourth-order valence-electron chi connectivity index (χ4n) is 4.96. The highest BCUT2D eigenvalue weighted by Gasteiger charge is 2.30. The first kappa shape index (κ1) is 22.0. The number of anilines is 2. The Morgan fingerprint density at radius 3 is 2.42 bits per heavy atom. The molecule has 0 saturated carbocycles. The highest BCUT2D eigenvalue weighted by Crippen LogP contribution is 2.40. The van der Waals surface area contributed by atoms with Crippen LogP contribution in [0.25, 0.3) is 11.3 Å². The van der Waals surface area contributed by atoms with Crippen molar-refractivity contribution < 1.29 is 0 Å². The van der Waals surface area contributed by atoms with E-state index in [9.17, 15) is 0 Å². The van der Waals surface area contributed by atoms with E-state index in [4.69, 9.17) is 10.1 Å². The van der Waals surface area contributed by atoms with Crippen molar-refractivity contribution in [3.05, 3.63) is 47.0 Å². The van der Waals surface area contributed by atoms with Gasteiger partial charge in [0.2, 0.25) is 5.95 Å². The van der Waals surface area contributed by atoms with Gasteiger partial charge in [0.15, 0.2) is 0 Å². The van der Waals surface area contributed by atoms with Gasteiger partial charge in [0.25, 0.3) is 0 Å². The van der Waals surface area contributed by atoms with Gasteiger partial charge in [-0.05, 0) is 31.0 Å². The van der Waals surface area contributed by atoms with Crippen LogP contribution in [0.5, 0.6) is 0 Å². The molecule has 8 heteroatoms. The van der Waals surface area contributed by atoms with Gasteiger partial charge >= 0.3 is 0 Å². The first-order chi connectivity index (χ1) is 16.1. The van der Waals surface area contributed by atoms with Crippen LogP contribution in [0.15, 0.2) is 24.5 Å². The van der Waals surface area contributed by atoms with Crippen molar-refractivity contribution in [2.75, 3.05) is 38.0 Å². The van der Waals surface area contributed by atoms with E-state index in [-0.39, 0.29) is 0 Å². The number of rotatable bonds is 7. The largest absolute Gasteiger partial charge is 0.309 e. The van der Waals surface area contributed by atoms with E-state index in [0.29, 0.717) is 11.9 Å². The summed E-state index contributed by atoms with van der Waals surface area (Å²) >= 11 is 0. The average molecular weight is 447 g/mol. The first-order valence-electron chi connectivity index (χ1n) is 12.2. The molecule has 3 aromatic heterocycles. The fraction of sp³-hybridized carbons (Fsp3) is 0.520. The standard InChI is InChI=1S/C25H34N8/c1-5-31-9-11-32(12-10-31)16-18-7-8-21(26-14-18)28-25-27-15-19-13-20-22(23(19)29-25)24(17(3)4)33(6-2)30-20/h7-8,14-15,17H,5-6,9-13,16H2,1-4H3,(H,26,27,28,29). The molecular weight excluding hydrogens is 412 g/mol. The lowest BCUT2D eigenvalue weighted by Crippen LogP contribution is -2.45. The number of hydrogen-bond acceptors (Lipinski definition) is 7. The van der Waals surface area contributed by atoms with Crippen LogP contribution >= 0.6 is 0 Å². The third-order valence-electron chi connectivity index (χ3n) is 6.75. The number of piperazine rings is 1. The molecule has 1 aliphatic carbocycles. The number of nitrogens with one attached hydrogen (secondary N) is 1. The molecule has 0 bridgehead atoms. The zero-order valence-electron chi connectivity index (χ0n) is 20.2. The van der Waals surface area contributed by atoms with E-state index < -0.39 is 0 Å². The predicted molar refractivity (Wildman–Crippen MR) is 131 cm³/mol. The first-order valence-corrected chi connectivity index (χ1v) is 12.2. The lowest BCUT2D eigenvalue weighted by Gasteiger charge is -2.33. The van der Waals surface area contributed by atoms with E-state index in [1.54, 1.807) is 0 Å². The molecule has 0 aromatic carbocycles. The molecule has 0 atom stereocenters. The highest BCUT2D eigenvalue weighted by molar-refractivity contribution is 5.75. The molecule has 1 aliphatic heterocycles. The van der Waals surface area contributed by atoms with Crippen LogP contribution in [0, 0.1) is 0 Å². The molecule has 1 fully saturated rings. The van der Waals surface area contributed by atoms with Gasteiger partial charge in [-0.2, -0.15) is 5.10 Å². The smallest absolute Gasteiger partial charge is 0.228 e. The van der Waals surface area contributed by atoms with Crippen molar-refractivity contribution in [2.24, 2.45) is 0 Å². The van der Waals surface area contributed by atoms with Crippen LogP contribution in [-0.2, 0) is 19.5 Å². The van der Waals surface area contributed by atoms with Crippen LogP contribution in [0.1, 0.15) is 56.1 Å². The molecule has 4 heterocycles. The van der Waals surface area contributed by atoms with Gasteiger partial charge in [-0.3, -0.25) is 9.58 Å². The minimum absolute atomic E-state index is 0.387. The molecule has 1 saturated heterocycles. The van der Waals surface area contributed by atoms with Gasteiger partial charge < -0.3 is 10.2 Å². The summed E-state index contributed by atoms with van der Waals surface area (Å²) in [4.78, 5) is 19.1. The second-order valence-corrected chi connectivity index (χ2v) is 9.31. The summed E-state index contributed by atoms with van der Waals surface area (Å²) in [5, 5.41) is 8.13. The number of fused-ring (bicyclic) bond motifs is 3. The maximum atomic E-state index is 4.88. The Morgan fingerprint density at radius 2 is 1.76 bits per heavy atom. The van der Waals surface area contributed by atoms with Crippen molar-refractivity contribution in [3.8, 4) is 11.3 Å². The minimum Gasteiger partial charge on any atom is -0.309 e. The van der Waals surface area contributed by atoms with Crippen molar-refractivity contribution in [1.82, 2.24) is 34.5 Å². The average Bonchev–Trinajstić information content (AvgIpc) is 3.36. The Hall–Kier alpha value is -2.84. The Morgan fingerprint density at radius 1 is 0.970 bits per heavy atom. The second kappa shape index (κ2) is 9.19. The molecule has 0 radical (unpaired) electrons. The monoisotopic (exact) mass is 446 g/mol. The molecule has 2 aliphatic rings. The molecule has 33 heavy (non-hydrogen) atoms. The van der Waals surface area contributed by atoms with Gasteiger partial charge in [-0.25, -0.2) is 15.0 Å². The Labute approximate surface area is 196 Å². The normalized spacial score (nSPS) is 16.3. The summed E-state index contributed by atoms with van der Waals surface area (Å²) in [5.74, 6) is 1.73. The van der Waals surface area contributed by atoms with Crippen molar-refractivity contribution in [2.45, 2.75) is 53.1 Å². The molecule has 0 unspecified atom stereocenters. The second-order valence-electron chi connectivity index (χ2n) is 9.31. The molecular formula is C25H34N8. The molecule has 8 nitrogen and oxygen atoms in total. The topological polar surface area (TPSA) is 75.0 Å². The third-order valence-corrected chi connectivity index (χ3v) is 6.75. The Bertz CT molecular complexity index is 1110. The quantitative estimate of drug-likeness (QED) is 0.464. The van der Waals surface area contributed by atoms with E-state index in [2.05, 4.69) is 63.5 Å². The molecule has 5 rings (SSSR count). The van der Waals surface area contributed by atoms with Gasteiger partial charge in [-0.1, -0.05) is 26.8 Å². The van der Waals surface area contributed by atoms with Crippen molar-refractivity contribution >= 4 is 11.8 Å². The third kappa shape index (κ3) is 4.37. The van der Waals surface area contributed by atoms with Crippen LogP contribution in [-0.4, -0.2) is 67.3 Å². The number of aromatic nitrogens is 5. The maximum absolute atomic E-state index is 4.88. The van der Waals surface area contributed by atoms with E-state index in [1.165, 1.54) is 16.8 Å². The zero-order chi connectivity index (χ0) is 22.9. The Kier molecular flexibility index (Phi) is 6.12. The Balaban J connectivity index is 1.29. The molecule has 3 aromatic rings. The lowest BCUT2D eigenvalue weighted by molar-refractivity contribution is 0.132. The summed E-state index contributed by atoms with van der Waals surface area (Å²) in [6.07, 6.45) is 4.69. The zero-order valence-corrected chi connectivity index (χ0v) is 20.2. The number of aryl methyl sites for hydroxylation is 1. The summed E-state index contributed by atoms with van der Waals surface area (Å²) in [6.45, 7) is 16.3. The number of hydrogen-bond donors (Lipinski definition) is 1. The predicted octanol–water partition coefficient (Wildman–Crippen LogP) is 3.66. The fourth-order valence-corrected chi connectivity index (χ4v) is 4.96. The molecule has 1 N–H and O–H groups in total. The molecule has 174 valence electrons. The van der Waals surface area contributed by atoms with Gasteiger partial charge in [0.05, 0.1) is 17.1 Å². The van der Waals surface area contributed by atoms with Crippen molar-refractivity contribution in [3.63, 3.8) is 0 Å². The van der Waals surface area contributed by atoms with Gasteiger partial charge in [0.1, 0.15) is 5.82 Å². The number of nitrogens with zero attached hydrogens (tertiary/aromatic N) is 7. The number of pyridine rings is 1. The van der Waals surface area contributed by atoms with Crippen LogP contribution < -0.4 is 5.32 Å². The van der Waals surface area contributed by atoms with Gasteiger partial charge in [-0.15, -0.1) is 0 Å². The van der Waals surface area contributed by atoms with Crippen molar-refractivity contribution in [1.29, 1.82) is 0 Å². The van der Waals surface area contributed by atoms with E-state index in [0.717, 1.165) is 75.0 Å². The molecule has 0 spiro atoms. The summed E-state index contributed by atoms with van der Waals surface area (Å²) in [7, 11) is 0. The molecule has 0 amide bonds. The SMILES string of the molecule is CCN1CCN(Cc2ccc(Nc3ncc4c(n3)-c3c(nn(CC)c3C(C)C)C4)nc2)CC1. The van der Waals surface area contributed by atoms with Crippen LogP contribution in [0.4, 0.5) is 11.8 Å². The summed E-state index contributed by atoms with van der Waals surface area (Å²) in [5.41, 5.74) is 6.96. The van der Waals surface area contributed by atoms with Crippen LogP contribution in [0.3, 0.4) is 0 Å². The highest BCUT2D eigenvalue weighted by atomic mass is 15.3. The summed E-state index contributed by atoms with van der Waals surface area (Å²) < 4.78 is 2.12. The number of likely N-dealkylation sites (N-methyl/N-ethyl adjacent to an activating group) is 1. The minimum atomic E-state index is 0.387. The van der Waals surface area contributed by atoms with E-state index >= 15 is 0 Å². The lowest BCUT2D eigenvalue weighted by atomic mass is 10.0.